The van der Waals surface area contributed by atoms with E-state index in [0.717, 1.165) is 23.4 Å². The average molecular weight is 354 g/mol. The van der Waals surface area contributed by atoms with Gasteiger partial charge in [-0.05, 0) is 42.2 Å². The van der Waals surface area contributed by atoms with Crippen molar-refractivity contribution in [2.45, 2.75) is 26.2 Å². The Morgan fingerprint density at radius 2 is 1.85 bits per heavy atom. The van der Waals surface area contributed by atoms with Crippen LogP contribution in [0, 0.1) is 0 Å². The summed E-state index contributed by atoms with van der Waals surface area (Å²) in [6.45, 7) is 3.90. The Bertz CT molecular complexity index is 771. The van der Waals surface area contributed by atoms with E-state index >= 15 is 0 Å². The van der Waals surface area contributed by atoms with Gasteiger partial charge in [0.25, 0.3) is 5.91 Å². The molecule has 5 heteroatoms. The molecular weight excluding hydrogens is 328 g/mol. The number of benzene rings is 2. The second kappa shape index (κ2) is 9.04. The van der Waals surface area contributed by atoms with E-state index in [0.29, 0.717) is 11.5 Å². The van der Waals surface area contributed by atoms with Crippen LogP contribution in [0.5, 0.6) is 0 Å². The Morgan fingerprint density at radius 1 is 1.12 bits per heavy atom. The summed E-state index contributed by atoms with van der Waals surface area (Å²) in [4.78, 5) is 26.3. The number of rotatable bonds is 7. The van der Waals surface area contributed by atoms with Gasteiger partial charge in [0.15, 0.2) is 6.61 Å². The van der Waals surface area contributed by atoms with E-state index in [1.165, 1.54) is 0 Å². The maximum Gasteiger partial charge on any atom is 0.338 e. The van der Waals surface area contributed by atoms with Gasteiger partial charge in [-0.25, -0.2) is 4.79 Å². The fraction of sp³-hybridized carbons (Fsp3) is 0.333. The van der Waals surface area contributed by atoms with Crippen molar-refractivity contribution < 1.29 is 14.3 Å². The first-order valence-corrected chi connectivity index (χ1v) is 8.75. The highest BCUT2D eigenvalue weighted by atomic mass is 16.5. The van der Waals surface area contributed by atoms with Gasteiger partial charge in [-0.2, -0.15) is 0 Å². The lowest BCUT2D eigenvalue weighted by molar-refractivity contribution is -0.119. The highest BCUT2D eigenvalue weighted by Crippen LogP contribution is 2.26. The molecule has 0 bridgehead atoms. The van der Waals surface area contributed by atoms with Crippen molar-refractivity contribution in [1.29, 1.82) is 0 Å². The first-order valence-electron chi connectivity index (χ1n) is 8.75. The van der Waals surface area contributed by atoms with Crippen LogP contribution in [0.2, 0.25) is 0 Å². The first-order chi connectivity index (χ1) is 12.4. The van der Waals surface area contributed by atoms with E-state index in [4.69, 9.17) is 4.74 Å². The third-order valence-corrected chi connectivity index (χ3v) is 4.31. The number of hydrogen-bond acceptors (Lipinski definition) is 4. The average Bonchev–Trinajstić information content (AvgIpc) is 2.66. The molecule has 0 unspecified atom stereocenters. The molecule has 26 heavy (non-hydrogen) atoms. The zero-order valence-electron chi connectivity index (χ0n) is 15.8. The van der Waals surface area contributed by atoms with Crippen molar-refractivity contribution in [1.82, 2.24) is 0 Å². The molecule has 5 nitrogen and oxygen atoms in total. The molecule has 2 rings (SSSR count). The highest BCUT2D eigenvalue weighted by Gasteiger charge is 2.14. The smallest absolute Gasteiger partial charge is 0.338 e. The van der Waals surface area contributed by atoms with Gasteiger partial charge in [0.05, 0.1) is 5.56 Å². The number of nitrogens with one attached hydrogen (secondary N) is 1. The number of nitrogens with zero attached hydrogens (tertiary/aromatic N) is 1. The number of para-hydroxylation sites is 1. The molecule has 0 aromatic heterocycles. The van der Waals surface area contributed by atoms with Crippen molar-refractivity contribution in [3.8, 4) is 0 Å². The van der Waals surface area contributed by atoms with Crippen LogP contribution in [0.3, 0.4) is 0 Å². The lowest BCUT2D eigenvalue weighted by atomic mass is 9.97. The van der Waals surface area contributed by atoms with E-state index in [9.17, 15) is 9.59 Å². The first kappa shape index (κ1) is 19.5. The molecule has 0 heterocycles. The Hall–Kier alpha value is -2.82. The van der Waals surface area contributed by atoms with Crippen LogP contribution in [-0.4, -0.2) is 32.6 Å². The van der Waals surface area contributed by atoms with Crippen molar-refractivity contribution in [2.75, 3.05) is 30.9 Å². The van der Waals surface area contributed by atoms with Crippen LogP contribution < -0.4 is 10.2 Å². The fourth-order valence-electron chi connectivity index (χ4n) is 2.57. The predicted molar refractivity (Wildman–Crippen MR) is 105 cm³/mol. The molecule has 0 saturated heterocycles. The van der Waals surface area contributed by atoms with E-state index < -0.39 is 5.97 Å². The summed E-state index contributed by atoms with van der Waals surface area (Å²) >= 11 is 0. The van der Waals surface area contributed by atoms with Crippen LogP contribution >= 0.6 is 0 Å². The lowest BCUT2D eigenvalue weighted by Gasteiger charge is -2.16. The molecule has 0 saturated carbocycles. The number of anilines is 2. The summed E-state index contributed by atoms with van der Waals surface area (Å²) in [6, 6.07) is 14.8. The Morgan fingerprint density at radius 3 is 2.54 bits per heavy atom. The van der Waals surface area contributed by atoms with Gasteiger partial charge in [0.1, 0.15) is 0 Å². The summed E-state index contributed by atoms with van der Waals surface area (Å²) in [7, 11) is 3.79. The number of ether oxygens (including phenoxy) is 1. The van der Waals surface area contributed by atoms with E-state index in [1.807, 2.05) is 49.3 Å². The van der Waals surface area contributed by atoms with Gasteiger partial charge < -0.3 is 15.0 Å². The van der Waals surface area contributed by atoms with Crippen molar-refractivity contribution in [3.63, 3.8) is 0 Å². The van der Waals surface area contributed by atoms with E-state index in [2.05, 4.69) is 19.2 Å². The van der Waals surface area contributed by atoms with Gasteiger partial charge in [0.2, 0.25) is 0 Å². The summed E-state index contributed by atoms with van der Waals surface area (Å²) in [6.07, 6.45) is 0.976. The molecule has 1 amide bonds. The maximum atomic E-state index is 12.2. The molecular formula is C21H26N2O3. The molecule has 0 aliphatic heterocycles. The molecule has 1 N–H and O–H groups in total. The van der Waals surface area contributed by atoms with Crippen LogP contribution in [0.4, 0.5) is 11.4 Å². The molecule has 0 radical (unpaired) electrons. The standard InChI is InChI=1S/C21H26N2O3/c1-5-15(2)18-11-6-7-12-19(18)22-20(24)14-26-21(25)16-9-8-10-17(13-16)23(3)4/h6-13,15H,5,14H2,1-4H3,(H,22,24)/t15-/m0/s1. The van der Waals surface area contributed by atoms with Crippen LogP contribution in [-0.2, 0) is 9.53 Å². The molecule has 0 aliphatic carbocycles. The third kappa shape index (κ3) is 5.09. The zero-order chi connectivity index (χ0) is 19.1. The largest absolute Gasteiger partial charge is 0.452 e. The minimum absolute atomic E-state index is 0.320. The van der Waals surface area contributed by atoms with Crippen molar-refractivity contribution in [2.24, 2.45) is 0 Å². The van der Waals surface area contributed by atoms with E-state index in [1.54, 1.807) is 18.2 Å². The number of carbonyl (C=O) groups excluding carboxylic acids is 2. The van der Waals surface area contributed by atoms with Gasteiger partial charge in [-0.15, -0.1) is 0 Å². The van der Waals surface area contributed by atoms with Crippen LogP contribution in [0.25, 0.3) is 0 Å². The molecule has 2 aromatic carbocycles. The number of hydrogen-bond donors (Lipinski definition) is 1. The summed E-state index contributed by atoms with van der Waals surface area (Å²) in [5.74, 6) is -0.528. The quantitative estimate of drug-likeness (QED) is 0.762. The van der Waals surface area contributed by atoms with Crippen LogP contribution in [0.15, 0.2) is 48.5 Å². The SMILES string of the molecule is CC[C@H](C)c1ccccc1NC(=O)COC(=O)c1cccc(N(C)C)c1. The number of amides is 1. The minimum atomic E-state index is -0.515. The zero-order valence-corrected chi connectivity index (χ0v) is 15.8. The Labute approximate surface area is 155 Å². The Kier molecular flexibility index (Phi) is 6.78. The van der Waals surface area contributed by atoms with Gasteiger partial charge in [0, 0.05) is 25.5 Å². The normalized spacial score (nSPS) is 11.5. The summed E-state index contributed by atoms with van der Waals surface area (Å²) < 4.78 is 5.15. The third-order valence-electron chi connectivity index (χ3n) is 4.31. The molecule has 1 atom stereocenters. The fourth-order valence-corrected chi connectivity index (χ4v) is 2.57. The Balaban J connectivity index is 1.97. The van der Waals surface area contributed by atoms with Gasteiger partial charge in [-0.1, -0.05) is 38.1 Å². The second-order valence-electron chi connectivity index (χ2n) is 6.47. The maximum absolute atomic E-state index is 12.2. The van der Waals surface area contributed by atoms with Crippen molar-refractivity contribution in [3.05, 3.63) is 59.7 Å². The number of carbonyl (C=O) groups is 2. The minimum Gasteiger partial charge on any atom is -0.452 e. The van der Waals surface area contributed by atoms with Gasteiger partial charge >= 0.3 is 5.97 Å². The highest BCUT2D eigenvalue weighted by molar-refractivity contribution is 5.96. The van der Waals surface area contributed by atoms with Crippen LogP contribution in [0.1, 0.15) is 42.1 Å². The molecule has 0 fully saturated rings. The van der Waals surface area contributed by atoms with E-state index in [-0.39, 0.29) is 12.5 Å². The molecule has 2 aromatic rings. The topological polar surface area (TPSA) is 58.6 Å². The summed E-state index contributed by atoms with van der Waals surface area (Å²) in [5.41, 5.74) is 3.15. The number of esters is 1. The monoisotopic (exact) mass is 354 g/mol. The molecule has 0 aliphatic rings. The summed E-state index contributed by atoms with van der Waals surface area (Å²) in [5, 5.41) is 2.84. The second-order valence-corrected chi connectivity index (χ2v) is 6.47. The lowest BCUT2D eigenvalue weighted by Crippen LogP contribution is -2.22. The van der Waals surface area contributed by atoms with Crippen molar-refractivity contribution >= 4 is 23.3 Å². The van der Waals surface area contributed by atoms with Gasteiger partial charge in [-0.3, -0.25) is 4.79 Å². The predicted octanol–water partition coefficient (Wildman–Crippen LogP) is 4.06. The molecule has 0 spiro atoms. The molecule has 138 valence electrons.